The Labute approximate surface area is 208 Å². The number of nitrogens with one attached hydrogen (secondary N) is 1. The molecule has 0 aliphatic heterocycles. The highest BCUT2D eigenvalue weighted by atomic mass is 32.2. The van der Waals surface area contributed by atoms with E-state index in [1.54, 1.807) is 43.3 Å². The Bertz CT molecular complexity index is 1310. The second kappa shape index (κ2) is 11.0. The van der Waals surface area contributed by atoms with E-state index in [-0.39, 0.29) is 23.2 Å². The minimum atomic E-state index is -4.68. The third kappa shape index (κ3) is 7.00. The molecule has 1 N–H and O–H groups in total. The van der Waals surface area contributed by atoms with Gasteiger partial charge in [-0.05, 0) is 68.8 Å². The molecule has 0 aliphatic carbocycles. The Morgan fingerprint density at radius 1 is 1.00 bits per heavy atom. The number of nitrogens with zero attached hydrogens (tertiary/aromatic N) is 1. The van der Waals surface area contributed by atoms with Crippen LogP contribution >= 0.6 is 0 Å². The highest BCUT2D eigenvalue weighted by Crippen LogP contribution is 2.33. The fraction of sp³-hybridized carbons (Fsp3) is 0.269. The first-order valence-corrected chi connectivity index (χ1v) is 12.6. The molecule has 192 valence electrons. The zero-order valence-electron chi connectivity index (χ0n) is 20.0. The van der Waals surface area contributed by atoms with Crippen LogP contribution in [-0.4, -0.2) is 27.0 Å². The molecule has 3 aromatic carbocycles. The summed E-state index contributed by atoms with van der Waals surface area (Å²) in [4.78, 5) is 12.7. The van der Waals surface area contributed by atoms with Crippen molar-refractivity contribution in [1.29, 1.82) is 0 Å². The number of amides is 1. The van der Waals surface area contributed by atoms with Gasteiger partial charge in [-0.15, -0.1) is 0 Å². The summed E-state index contributed by atoms with van der Waals surface area (Å²) < 4.78 is 73.1. The standard InChI is InChI=1S/C26H27F3N2O4S/c1-18(2)35-23-9-4-6-20(14-23)16-30-25(32)17-31(22-8-5-7-21(15-22)26(27,28)29)36(33,34)24-12-10-19(3)11-13-24/h4-15,18H,16-17H2,1-3H3,(H,30,32). The van der Waals surface area contributed by atoms with Crippen LogP contribution in [0.4, 0.5) is 18.9 Å². The zero-order chi connectivity index (χ0) is 26.5. The van der Waals surface area contributed by atoms with Gasteiger partial charge in [-0.2, -0.15) is 13.2 Å². The van der Waals surface area contributed by atoms with Gasteiger partial charge in [0, 0.05) is 6.54 Å². The molecule has 0 aliphatic rings. The lowest BCUT2D eigenvalue weighted by atomic mass is 10.2. The van der Waals surface area contributed by atoms with E-state index in [1.165, 1.54) is 18.2 Å². The van der Waals surface area contributed by atoms with Crippen LogP contribution in [0.3, 0.4) is 0 Å². The molecule has 0 bridgehead atoms. The van der Waals surface area contributed by atoms with Crippen LogP contribution in [0.25, 0.3) is 0 Å². The summed E-state index contributed by atoms with van der Waals surface area (Å²) in [7, 11) is -4.35. The summed E-state index contributed by atoms with van der Waals surface area (Å²) in [6, 6.07) is 16.8. The molecular formula is C26H27F3N2O4S. The largest absolute Gasteiger partial charge is 0.491 e. The molecule has 0 saturated heterocycles. The van der Waals surface area contributed by atoms with E-state index in [4.69, 9.17) is 4.74 Å². The number of carbonyl (C=O) groups excluding carboxylic acids is 1. The lowest BCUT2D eigenvalue weighted by Gasteiger charge is -2.25. The molecule has 10 heteroatoms. The van der Waals surface area contributed by atoms with Crippen LogP contribution < -0.4 is 14.4 Å². The SMILES string of the molecule is Cc1ccc(S(=O)(=O)N(CC(=O)NCc2cccc(OC(C)C)c2)c2cccc(C(F)(F)F)c2)cc1. The van der Waals surface area contributed by atoms with Crippen LogP contribution in [0.2, 0.25) is 0 Å². The van der Waals surface area contributed by atoms with E-state index in [0.717, 1.165) is 17.7 Å². The van der Waals surface area contributed by atoms with E-state index in [2.05, 4.69) is 5.32 Å². The Balaban J connectivity index is 1.88. The van der Waals surface area contributed by atoms with Gasteiger partial charge in [-0.3, -0.25) is 9.10 Å². The van der Waals surface area contributed by atoms with E-state index in [1.807, 2.05) is 13.8 Å². The number of anilines is 1. The molecule has 0 aromatic heterocycles. The van der Waals surface area contributed by atoms with E-state index in [9.17, 15) is 26.4 Å². The van der Waals surface area contributed by atoms with Crippen LogP contribution in [0.5, 0.6) is 5.75 Å². The predicted octanol–water partition coefficient (Wildman–Crippen LogP) is 5.31. The molecule has 3 rings (SSSR count). The van der Waals surface area contributed by atoms with Gasteiger partial charge in [0.2, 0.25) is 5.91 Å². The number of benzene rings is 3. The van der Waals surface area contributed by atoms with Gasteiger partial charge in [0.25, 0.3) is 10.0 Å². The summed E-state index contributed by atoms with van der Waals surface area (Å²) in [6.07, 6.45) is -4.72. The first-order valence-electron chi connectivity index (χ1n) is 11.2. The number of halogens is 3. The number of hydrogen-bond donors (Lipinski definition) is 1. The fourth-order valence-electron chi connectivity index (χ4n) is 3.38. The Morgan fingerprint density at radius 2 is 1.67 bits per heavy atom. The third-order valence-corrected chi connectivity index (χ3v) is 6.91. The molecule has 0 radical (unpaired) electrons. The molecular weight excluding hydrogens is 493 g/mol. The van der Waals surface area contributed by atoms with Gasteiger partial charge in [0.1, 0.15) is 12.3 Å². The summed E-state index contributed by atoms with van der Waals surface area (Å²) >= 11 is 0. The van der Waals surface area contributed by atoms with E-state index in [0.29, 0.717) is 21.7 Å². The van der Waals surface area contributed by atoms with Crippen LogP contribution in [0.1, 0.15) is 30.5 Å². The Morgan fingerprint density at radius 3 is 2.31 bits per heavy atom. The number of sulfonamides is 1. The number of rotatable bonds is 9. The molecule has 0 unspecified atom stereocenters. The topological polar surface area (TPSA) is 75.7 Å². The van der Waals surface area contributed by atoms with Crippen LogP contribution in [-0.2, 0) is 27.5 Å². The summed E-state index contributed by atoms with van der Waals surface area (Å²) in [5.74, 6) is -0.0671. The molecule has 0 saturated carbocycles. The van der Waals surface area contributed by atoms with Gasteiger partial charge >= 0.3 is 6.18 Å². The maximum absolute atomic E-state index is 13.4. The van der Waals surface area contributed by atoms with Gasteiger partial charge in [0.05, 0.1) is 22.3 Å². The fourth-order valence-corrected chi connectivity index (χ4v) is 4.79. The first kappa shape index (κ1) is 27.1. The highest BCUT2D eigenvalue weighted by molar-refractivity contribution is 7.92. The number of carbonyl (C=O) groups is 1. The van der Waals surface area contributed by atoms with Crippen molar-refractivity contribution in [2.24, 2.45) is 0 Å². The maximum Gasteiger partial charge on any atom is 0.416 e. The lowest BCUT2D eigenvalue weighted by molar-refractivity contribution is -0.137. The van der Waals surface area contributed by atoms with Gasteiger partial charge in [-0.1, -0.05) is 35.9 Å². The van der Waals surface area contributed by atoms with Crippen molar-refractivity contribution < 1.29 is 31.1 Å². The maximum atomic E-state index is 13.4. The van der Waals surface area contributed by atoms with Gasteiger partial charge in [0.15, 0.2) is 0 Å². The quantitative estimate of drug-likeness (QED) is 0.415. The number of alkyl halides is 3. The van der Waals surface area contributed by atoms with Crippen molar-refractivity contribution in [3.8, 4) is 5.75 Å². The molecule has 1 amide bonds. The number of ether oxygens (including phenoxy) is 1. The predicted molar refractivity (Wildman–Crippen MR) is 131 cm³/mol. The molecule has 0 heterocycles. The highest BCUT2D eigenvalue weighted by Gasteiger charge is 2.33. The average molecular weight is 521 g/mol. The summed E-state index contributed by atoms with van der Waals surface area (Å²) in [5.41, 5.74) is 0.230. The van der Waals surface area contributed by atoms with Gasteiger partial charge in [-0.25, -0.2) is 8.42 Å². The van der Waals surface area contributed by atoms with Crippen molar-refractivity contribution in [3.05, 3.63) is 89.5 Å². The van der Waals surface area contributed by atoms with Crippen molar-refractivity contribution in [2.45, 2.75) is 44.5 Å². The zero-order valence-corrected chi connectivity index (χ0v) is 20.9. The monoisotopic (exact) mass is 520 g/mol. The summed E-state index contributed by atoms with van der Waals surface area (Å²) in [6.45, 7) is 4.90. The first-order chi connectivity index (χ1) is 16.9. The van der Waals surface area contributed by atoms with E-state index < -0.39 is 34.2 Å². The van der Waals surface area contributed by atoms with Gasteiger partial charge < -0.3 is 10.1 Å². The second-order valence-corrected chi connectivity index (χ2v) is 10.3. The Kier molecular flexibility index (Phi) is 8.29. The molecule has 0 atom stereocenters. The number of aryl methyl sites for hydroxylation is 1. The van der Waals surface area contributed by atoms with Crippen LogP contribution in [0.15, 0.2) is 77.7 Å². The minimum Gasteiger partial charge on any atom is -0.491 e. The lowest BCUT2D eigenvalue weighted by Crippen LogP contribution is -2.40. The second-order valence-electron chi connectivity index (χ2n) is 8.46. The van der Waals surface area contributed by atoms with Crippen molar-refractivity contribution >= 4 is 21.6 Å². The third-order valence-electron chi connectivity index (χ3n) is 5.12. The molecule has 3 aromatic rings. The molecule has 36 heavy (non-hydrogen) atoms. The minimum absolute atomic E-state index is 0.0390. The Hall–Kier alpha value is -3.53. The van der Waals surface area contributed by atoms with E-state index >= 15 is 0 Å². The summed E-state index contributed by atoms with van der Waals surface area (Å²) in [5, 5.41) is 2.63. The molecule has 0 fully saturated rings. The molecule has 0 spiro atoms. The van der Waals surface area contributed by atoms with Crippen molar-refractivity contribution in [1.82, 2.24) is 5.32 Å². The smallest absolute Gasteiger partial charge is 0.416 e. The normalized spacial score (nSPS) is 11.9. The average Bonchev–Trinajstić information content (AvgIpc) is 2.81. The van der Waals surface area contributed by atoms with Crippen molar-refractivity contribution in [3.63, 3.8) is 0 Å². The molecule has 6 nitrogen and oxygen atoms in total. The van der Waals surface area contributed by atoms with Crippen LogP contribution in [0, 0.1) is 6.92 Å². The van der Waals surface area contributed by atoms with Crippen molar-refractivity contribution in [2.75, 3.05) is 10.8 Å². The number of hydrogen-bond acceptors (Lipinski definition) is 4.